The van der Waals surface area contributed by atoms with E-state index in [0.717, 1.165) is 6.42 Å². The minimum Gasteiger partial charge on any atom is -0.396 e. The van der Waals surface area contributed by atoms with E-state index in [1.54, 1.807) is 0 Å². The molecule has 0 spiro atoms. The minimum atomic E-state index is 0. The molecule has 0 aromatic rings. The summed E-state index contributed by atoms with van der Waals surface area (Å²) in [7, 11) is 0. The van der Waals surface area contributed by atoms with Crippen molar-refractivity contribution in [1.29, 1.82) is 0 Å². The lowest BCUT2D eigenvalue weighted by molar-refractivity contribution is 0.144. The topological polar surface area (TPSA) is 23.5 Å². The van der Waals surface area contributed by atoms with Crippen LogP contribution in [0.1, 0.15) is 65.7 Å². The Bertz CT molecular complexity index is 130. The molecule has 2 nitrogen and oxygen atoms in total. The SMILES string of the molecule is CCCCN(CCCC)C(CCC)CCO.Cl. The summed E-state index contributed by atoms with van der Waals surface area (Å²) in [4.78, 5) is 2.60. The van der Waals surface area contributed by atoms with Gasteiger partial charge in [-0.3, -0.25) is 0 Å². The second-order valence-corrected chi connectivity index (χ2v) is 4.70. The van der Waals surface area contributed by atoms with Gasteiger partial charge in [-0.2, -0.15) is 0 Å². The van der Waals surface area contributed by atoms with E-state index in [-0.39, 0.29) is 12.4 Å². The van der Waals surface area contributed by atoms with E-state index in [4.69, 9.17) is 5.11 Å². The van der Waals surface area contributed by atoms with Crippen molar-refractivity contribution in [2.75, 3.05) is 19.7 Å². The Morgan fingerprint density at radius 1 is 0.882 bits per heavy atom. The van der Waals surface area contributed by atoms with Crippen molar-refractivity contribution in [3.63, 3.8) is 0 Å². The van der Waals surface area contributed by atoms with Crippen molar-refractivity contribution < 1.29 is 5.11 Å². The summed E-state index contributed by atoms with van der Waals surface area (Å²) in [5.74, 6) is 0. The van der Waals surface area contributed by atoms with Gasteiger partial charge in [0.25, 0.3) is 0 Å². The first-order chi connectivity index (χ1) is 7.79. The maximum Gasteiger partial charge on any atom is 0.0445 e. The number of hydrogen-bond acceptors (Lipinski definition) is 2. The fraction of sp³-hybridized carbons (Fsp3) is 1.00. The number of aliphatic hydroxyl groups is 1. The molecule has 0 saturated heterocycles. The number of unbranched alkanes of at least 4 members (excludes halogenated alkanes) is 2. The molecule has 0 rings (SSSR count). The molecule has 0 bridgehead atoms. The molecular formula is C14H32ClNO. The van der Waals surface area contributed by atoms with Crippen LogP contribution < -0.4 is 0 Å². The van der Waals surface area contributed by atoms with E-state index < -0.39 is 0 Å². The first kappa shape index (κ1) is 19.5. The van der Waals surface area contributed by atoms with Crippen molar-refractivity contribution in [2.24, 2.45) is 0 Å². The quantitative estimate of drug-likeness (QED) is 0.613. The van der Waals surface area contributed by atoms with Crippen LogP contribution in [0.4, 0.5) is 0 Å². The van der Waals surface area contributed by atoms with Crippen molar-refractivity contribution in [1.82, 2.24) is 4.90 Å². The van der Waals surface area contributed by atoms with Crippen LogP contribution in [0, 0.1) is 0 Å². The lowest BCUT2D eigenvalue weighted by atomic mass is 10.1. The van der Waals surface area contributed by atoms with E-state index >= 15 is 0 Å². The average molecular weight is 266 g/mol. The molecule has 0 fully saturated rings. The van der Waals surface area contributed by atoms with Crippen molar-refractivity contribution in [3.8, 4) is 0 Å². The standard InChI is InChI=1S/C14H31NO.ClH/c1-4-7-11-15(12-8-5-2)14(9-6-3)10-13-16;/h14,16H,4-13H2,1-3H3;1H. The van der Waals surface area contributed by atoms with Crippen molar-refractivity contribution >= 4 is 12.4 Å². The van der Waals surface area contributed by atoms with Gasteiger partial charge in [0.2, 0.25) is 0 Å². The van der Waals surface area contributed by atoms with E-state index in [0.29, 0.717) is 12.6 Å². The van der Waals surface area contributed by atoms with E-state index in [1.807, 2.05) is 0 Å². The Kier molecular flexibility index (Phi) is 16.4. The Hall–Kier alpha value is 0.210. The van der Waals surface area contributed by atoms with Gasteiger partial charge in [0.1, 0.15) is 0 Å². The van der Waals surface area contributed by atoms with Gasteiger partial charge in [0.15, 0.2) is 0 Å². The van der Waals surface area contributed by atoms with Crippen LogP contribution in [0.5, 0.6) is 0 Å². The highest BCUT2D eigenvalue weighted by molar-refractivity contribution is 5.85. The molecule has 0 amide bonds. The maximum absolute atomic E-state index is 9.14. The summed E-state index contributed by atoms with van der Waals surface area (Å²) >= 11 is 0. The van der Waals surface area contributed by atoms with Gasteiger partial charge in [-0.1, -0.05) is 40.0 Å². The fourth-order valence-electron chi connectivity index (χ4n) is 2.19. The molecule has 3 heteroatoms. The van der Waals surface area contributed by atoms with Gasteiger partial charge in [0, 0.05) is 12.6 Å². The Balaban J connectivity index is 0. The van der Waals surface area contributed by atoms with Crippen LogP contribution >= 0.6 is 12.4 Å². The smallest absolute Gasteiger partial charge is 0.0445 e. The molecule has 0 aliphatic rings. The number of halogens is 1. The zero-order chi connectivity index (χ0) is 12.2. The summed E-state index contributed by atoms with van der Waals surface area (Å²) in [5, 5.41) is 9.14. The van der Waals surface area contributed by atoms with Gasteiger partial charge in [-0.15, -0.1) is 12.4 Å². The largest absolute Gasteiger partial charge is 0.396 e. The normalized spacial score (nSPS) is 12.5. The second kappa shape index (κ2) is 14.3. The number of nitrogens with zero attached hydrogens (tertiary/aromatic N) is 1. The Morgan fingerprint density at radius 2 is 1.41 bits per heavy atom. The first-order valence-corrected chi connectivity index (χ1v) is 7.14. The average Bonchev–Trinajstić information content (AvgIpc) is 2.29. The van der Waals surface area contributed by atoms with Gasteiger partial charge >= 0.3 is 0 Å². The zero-order valence-electron chi connectivity index (χ0n) is 12.0. The monoisotopic (exact) mass is 265 g/mol. The summed E-state index contributed by atoms with van der Waals surface area (Å²) in [6, 6.07) is 0.605. The van der Waals surface area contributed by atoms with E-state index in [2.05, 4.69) is 25.7 Å². The van der Waals surface area contributed by atoms with E-state index in [1.165, 1.54) is 51.6 Å². The molecule has 1 N–H and O–H groups in total. The molecule has 17 heavy (non-hydrogen) atoms. The molecule has 106 valence electrons. The Morgan fingerprint density at radius 3 is 1.76 bits per heavy atom. The van der Waals surface area contributed by atoms with Crippen LogP contribution in [-0.4, -0.2) is 35.7 Å². The highest BCUT2D eigenvalue weighted by Gasteiger charge is 2.15. The van der Waals surface area contributed by atoms with Crippen molar-refractivity contribution in [2.45, 2.75) is 71.8 Å². The van der Waals surface area contributed by atoms with Gasteiger partial charge in [0.05, 0.1) is 0 Å². The predicted molar refractivity (Wildman–Crippen MR) is 79.0 cm³/mol. The molecule has 0 aromatic carbocycles. The first-order valence-electron chi connectivity index (χ1n) is 7.14. The minimum absolute atomic E-state index is 0. The van der Waals surface area contributed by atoms with Crippen LogP contribution in [-0.2, 0) is 0 Å². The third-order valence-electron chi connectivity index (χ3n) is 3.20. The summed E-state index contributed by atoms with van der Waals surface area (Å²) < 4.78 is 0. The molecule has 0 aliphatic heterocycles. The highest BCUT2D eigenvalue weighted by atomic mass is 35.5. The molecule has 1 atom stereocenters. The molecule has 0 radical (unpaired) electrons. The lowest BCUT2D eigenvalue weighted by Crippen LogP contribution is -2.37. The maximum atomic E-state index is 9.14. The van der Waals surface area contributed by atoms with Crippen molar-refractivity contribution in [3.05, 3.63) is 0 Å². The lowest BCUT2D eigenvalue weighted by Gasteiger charge is -2.31. The van der Waals surface area contributed by atoms with Gasteiger partial charge in [-0.25, -0.2) is 0 Å². The molecule has 0 heterocycles. The third-order valence-corrected chi connectivity index (χ3v) is 3.20. The molecule has 0 saturated carbocycles. The van der Waals surface area contributed by atoms with Crippen LogP contribution in [0.2, 0.25) is 0 Å². The van der Waals surface area contributed by atoms with Crippen LogP contribution in [0.15, 0.2) is 0 Å². The zero-order valence-corrected chi connectivity index (χ0v) is 12.8. The van der Waals surface area contributed by atoms with Gasteiger partial charge < -0.3 is 10.0 Å². The predicted octanol–water partition coefficient (Wildman–Crippen LogP) is 3.86. The van der Waals surface area contributed by atoms with Crippen LogP contribution in [0.3, 0.4) is 0 Å². The number of hydrogen-bond donors (Lipinski definition) is 1. The number of rotatable bonds is 11. The summed E-state index contributed by atoms with van der Waals surface area (Å²) in [5.41, 5.74) is 0. The third kappa shape index (κ3) is 9.87. The Labute approximate surface area is 114 Å². The second-order valence-electron chi connectivity index (χ2n) is 4.70. The summed E-state index contributed by atoms with van der Waals surface area (Å²) in [6.45, 7) is 9.49. The molecular weight excluding hydrogens is 234 g/mol. The molecule has 1 unspecified atom stereocenters. The fourth-order valence-corrected chi connectivity index (χ4v) is 2.19. The van der Waals surface area contributed by atoms with Crippen LogP contribution in [0.25, 0.3) is 0 Å². The highest BCUT2D eigenvalue weighted by Crippen LogP contribution is 2.13. The number of aliphatic hydroxyl groups excluding tert-OH is 1. The molecule has 0 aliphatic carbocycles. The van der Waals surface area contributed by atoms with E-state index in [9.17, 15) is 0 Å². The van der Waals surface area contributed by atoms with Gasteiger partial charge in [-0.05, 0) is 38.8 Å². The summed E-state index contributed by atoms with van der Waals surface area (Å²) in [6.07, 6.45) is 8.50. The molecule has 0 aromatic heterocycles.